The molecule has 2 N–H and O–H groups in total. The molecule has 18 heavy (non-hydrogen) atoms. The number of rotatable bonds is 4. The lowest BCUT2D eigenvalue weighted by molar-refractivity contribution is 0.0841. The summed E-state index contributed by atoms with van der Waals surface area (Å²) in [7, 11) is 2.22. The highest BCUT2D eigenvalue weighted by atomic mass is 79.9. The first-order chi connectivity index (χ1) is 8.58. The summed E-state index contributed by atoms with van der Waals surface area (Å²) in [6.45, 7) is 4.09. The third-order valence-corrected chi connectivity index (χ3v) is 5.14. The lowest BCUT2D eigenvalue weighted by Crippen LogP contribution is -2.53. The maximum Gasteiger partial charge on any atom is 0.0357 e. The Balaban J connectivity index is 2.10. The third kappa shape index (κ3) is 2.63. The molecule has 2 nitrogen and oxygen atoms in total. The molecule has 0 spiro atoms. The first-order valence-corrected chi connectivity index (χ1v) is 7.53. The monoisotopic (exact) mass is 310 g/mol. The van der Waals surface area contributed by atoms with Gasteiger partial charge in [-0.15, -0.1) is 0 Å². The van der Waals surface area contributed by atoms with Crippen LogP contribution < -0.4 is 5.73 Å². The molecule has 1 aromatic rings. The number of nitrogens with two attached hydrogens (primary N) is 1. The van der Waals surface area contributed by atoms with E-state index < -0.39 is 0 Å². The van der Waals surface area contributed by atoms with Gasteiger partial charge in [0.05, 0.1) is 0 Å². The van der Waals surface area contributed by atoms with Crippen molar-refractivity contribution in [3.05, 3.63) is 34.3 Å². The number of benzene rings is 1. The van der Waals surface area contributed by atoms with Crippen LogP contribution >= 0.6 is 15.9 Å². The summed E-state index contributed by atoms with van der Waals surface area (Å²) in [5, 5.41) is 0. The van der Waals surface area contributed by atoms with Gasteiger partial charge in [0.25, 0.3) is 0 Å². The minimum Gasteiger partial charge on any atom is -0.329 e. The van der Waals surface area contributed by atoms with Gasteiger partial charge >= 0.3 is 0 Å². The molecule has 2 unspecified atom stereocenters. The van der Waals surface area contributed by atoms with Crippen molar-refractivity contribution in [3.8, 4) is 0 Å². The van der Waals surface area contributed by atoms with Crippen LogP contribution in [0.4, 0.5) is 0 Å². The smallest absolute Gasteiger partial charge is 0.0357 e. The van der Waals surface area contributed by atoms with Gasteiger partial charge < -0.3 is 5.73 Å². The Hall–Kier alpha value is -0.380. The first-order valence-electron chi connectivity index (χ1n) is 6.74. The Bertz CT molecular complexity index is 390. The summed E-state index contributed by atoms with van der Waals surface area (Å²) in [6.07, 6.45) is 3.85. The second kappa shape index (κ2) is 5.72. The van der Waals surface area contributed by atoms with E-state index in [1.807, 2.05) is 0 Å². The molecular weight excluding hydrogens is 288 g/mol. The largest absolute Gasteiger partial charge is 0.329 e. The lowest BCUT2D eigenvalue weighted by atomic mass is 9.86. The van der Waals surface area contributed by atoms with Crippen molar-refractivity contribution in [2.24, 2.45) is 11.7 Å². The van der Waals surface area contributed by atoms with Crippen molar-refractivity contribution in [1.82, 2.24) is 4.90 Å². The van der Waals surface area contributed by atoms with Gasteiger partial charge in [-0.25, -0.2) is 0 Å². The quantitative estimate of drug-likeness (QED) is 0.923. The second-order valence-corrected chi connectivity index (χ2v) is 6.50. The van der Waals surface area contributed by atoms with Crippen LogP contribution in [0.3, 0.4) is 0 Å². The van der Waals surface area contributed by atoms with E-state index in [4.69, 9.17) is 5.73 Å². The molecule has 0 aliphatic heterocycles. The molecule has 3 heteroatoms. The van der Waals surface area contributed by atoms with Crippen molar-refractivity contribution in [2.75, 3.05) is 13.6 Å². The maximum atomic E-state index is 6.09. The molecule has 1 aliphatic carbocycles. The van der Waals surface area contributed by atoms with E-state index in [1.165, 1.54) is 24.8 Å². The fraction of sp³-hybridized carbons (Fsp3) is 0.600. The molecule has 1 aromatic carbocycles. The molecule has 0 heterocycles. The molecule has 0 bridgehead atoms. The van der Waals surface area contributed by atoms with Crippen LogP contribution in [0, 0.1) is 5.92 Å². The van der Waals surface area contributed by atoms with E-state index in [2.05, 4.69) is 59.1 Å². The highest BCUT2D eigenvalue weighted by Crippen LogP contribution is 2.39. The van der Waals surface area contributed by atoms with Gasteiger partial charge in [0, 0.05) is 23.1 Å². The standard InChI is InChI=1S/C15H23BrN2/c1-12-4-3-9-15(12,11-17)18(2)10-13-5-7-14(16)8-6-13/h5-8,12H,3-4,9-11,17H2,1-2H3. The molecule has 1 saturated carbocycles. The predicted molar refractivity (Wildman–Crippen MR) is 80.4 cm³/mol. The number of hydrogen-bond acceptors (Lipinski definition) is 2. The molecule has 0 radical (unpaired) electrons. The molecule has 100 valence electrons. The van der Waals surface area contributed by atoms with Gasteiger partial charge in [0.15, 0.2) is 0 Å². The van der Waals surface area contributed by atoms with Crippen LogP contribution in [-0.2, 0) is 6.54 Å². The first kappa shape index (κ1) is 14.0. The van der Waals surface area contributed by atoms with Gasteiger partial charge in [-0.2, -0.15) is 0 Å². The van der Waals surface area contributed by atoms with E-state index in [0.717, 1.165) is 17.6 Å². The van der Waals surface area contributed by atoms with E-state index in [0.29, 0.717) is 5.92 Å². The zero-order valence-electron chi connectivity index (χ0n) is 11.3. The summed E-state index contributed by atoms with van der Waals surface area (Å²) in [4.78, 5) is 2.47. The number of nitrogens with zero attached hydrogens (tertiary/aromatic N) is 1. The predicted octanol–water partition coefficient (Wildman–Crippen LogP) is 3.40. The van der Waals surface area contributed by atoms with E-state index in [-0.39, 0.29) is 5.54 Å². The average molecular weight is 311 g/mol. The molecule has 2 atom stereocenters. The molecule has 0 saturated heterocycles. The van der Waals surface area contributed by atoms with Crippen LogP contribution in [0.25, 0.3) is 0 Å². The normalized spacial score (nSPS) is 27.9. The zero-order chi connectivity index (χ0) is 13.2. The topological polar surface area (TPSA) is 29.3 Å². The van der Waals surface area contributed by atoms with Gasteiger partial charge in [-0.3, -0.25) is 4.90 Å². The van der Waals surface area contributed by atoms with Gasteiger partial charge in [0.1, 0.15) is 0 Å². The molecule has 0 amide bonds. The second-order valence-electron chi connectivity index (χ2n) is 5.58. The number of likely N-dealkylation sites (N-methyl/N-ethyl adjacent to an activating group) is 1. The molecule has 1 aliphatic rings. The van der Waals surface area contributed by atoms with Gasteiger partial charge in [-0.1, -0.05) is 41.4 Å². The number of halogens is 1. The van der Waals surface area contributed by atoms with E-state index in [9.17, 15) is 0 Å². The highest BCUT2D eigenvalue weighted by molar-refractivity contribution is 9.10. The summed E-state index contributed by atoms with van der Waals surface area (Å²) >= 11 is 3.48. The lowest BCUT2D eigenvalue weighted by Gasteiger charge is -2.42. The molecular formula is C15H23BrN2. The SMILES string of the molecule is CC1CCCC1(CN)N(C)Cc1ccc(Br)cc1. The Kier molecular flexibility index (Phi) is 4.46. The fourth-order valence-electron chi connectivity index (χ4n) is 3.28. The Morgan fingerprint density at radius 2 is 2.06 bits per heavy atom. The summed E-state index contributed by atoms with van der Waals surface area (Å²) in [5.74, 6) is 0.697. The van der Waals surface area contributed by atoms with Gasteiger partial charge in [0.2, 0.25) is 0 Å². The van der Waals surface area contributed by atoms with Crippen LogP contribution in [0.1, 0.15) is 31.7 Å². The molecule has 1 fully saturated rings. The van der Waals surface area contributed by atoms with Crippen LogP contribution in [0.5, 0.6) is 0 Å². The van der Waals surface area contributed by atoms with Crippen molar-refractivity contribution in [1.29, 1.82) is 0 Å². The van der Waals surface area contributed by atoms with Gasteiger partial charge in [-0.05, 0) is 43.5 Å². The van der Waals surface area contributed by atoms with Crippen molar-refractivity contribution >= 4 is 15.9 Å². The fourth-order valence-corrected chi connectivity index (χ4v) is 3.54. The van der Waals surface area contributed by atoms with Crippen molar-refractivity contribution < 1.29 is 0 Å². The Morgan fingerprint density at radius 1 is 1.39 bits per heavy atom. The Labute approximate surface area is 119 Å². The summed E-state index contributed by atoms with van der Waals surface area (Å²) in [5.41, 5.74) is 7.64. The maximum absolute atomic E-state index is 6.09. The van der Waals surface area contributed by atoms with E-state index >= 15 is 0 Å². The van der Waals surface area contributed by atoms with Crippen LogP contribution in [0.15, 0.2) is 28.7 Å². The minimum absolute atomic E-state index is 0.201. The van der Waals surface area contributed by atoms with Crippen LogP contribution in [0.2, 0.25) is 0 Å². The number of hydrogen-bond donors (Lipinski definition) is 1. The minimum atomic E-state index is 0.201. The van der Waals surface area contributed by atoms with Crippen molar-refractivity contribution in [2.45, 2.75) is 38.3 Å². The van der Waals surface area contributed by atoms with E-state index in [1.54, 1.807) is 0 Å². The Morgan fingerprint density at radius 3 is 2.56 bits per heavy atom. The highest BCUT2D eigenvalue weighted by Gasteiger charge is 2.42. The van der Waals surface area contributed by atoms with Crippen molar-refractivity contribution in [3.63, 3.8) is 0 Å². The summed E-state index contributed by atoms with van der Waals surface area (Å²) < 4.78 is 1.14. The third-order valence-electron chi connectivity index (χ3n) is 4.61. The van der Waals surface area contributed by atoms with Crippen LogP contribution in [-0.4, -0.2) is 24.0 Å². The summed E-state index contributed by atoms with van der Waals surface area (Å²) in [6, 6.07) is 8.58. The zero-order valence-corrected chi connectivity index (χ0v) is 12.9. The molecule has 0 aromatic heterocycles. The molecule has 2 rings (SSSR count). The average Bonchev–Trinajstić information content (AvgIpc) is 2.74.